The number of aliphatic hydroxyl groups is 2. The monoisotopic (exact) mass is 300 g/mol. The molecular weight excluding hydrogens is 272 g/mol. The summed E-state index contributed by atoms with van der Waals surface area (Å²) >= 11 is 0. The van der Waals surface area contributed by atoms with Gasteiger partial charge in [-0.15, -0.1) is 0 Å². The van der Waals surface area contributed by atoms with Crippen molar-refractivity contribution in [1.29, 1.82) is 0 Å². The van der Waals surface area contributed by atoms with Gasteiger partial charge in [-0.1, -0.05) is 0 Å². The molecule has 2 atom stereocenters. The molecule has 6 nitrogen and oxygen atoms in total. The van der Waals surface area contributed by atoms with E-state index >= 15 is 0 Å². The smallest absolute Gasteiger partial charge is 0.410 e. The van der Waals surface area contributed by atoms with Crippen LogP contribution in [0.1, 0.15) is 46.5 Å². The number of hydrogen-bond donors (Lipinski definition) is 3. The maximum atomic E-state index is 12.1. The normalized spacial score (nSPS) is 28.9. The summed E-state index contributed by atoms with van der Waals surface area (Å²) in [5.74, 6) is 0. The van der Waals surface area contributed by atoms with E-state index in [0.29, 0.717) is 19.5 Å². The summed E-state index contributed by atoms with van der Waals surface area (Å²) in [6.45, 7) is 6.94. The molecule has 2 fully saturated rings. The van der Waals surface area contributed by atoms with Crippen LogP contribution in [-0.4, -0.2) is 58.8 Å². The van der Waals surface area contributed by atoms with Crippen molar-refractivity contribution in [3.8, 4) is 0 Å². The second kappa shape index (κ2) is 6.10. The van der Waals surface area contributed by atoms with Crippen molar-refractivity contribution in [2.75, 3.05) is 19.7 Å². The molecule has 1 amide bonds. The first-order chi connectivity index (χ1) is 9.76. The molecule has 122 valence electrons. The van der Waals surface area contributed by atoms with E-state index in [1.807, 2.05) is 20.8 Å². The van der Waals surface area contributed by atoms with Gasteiger partial charge in [0, 0.05) is 31.2 Å². The first-order valence-electron chi connectivity index (χ1n) is 7.79. The minimum absolute atomic E-state index is 0.129. The van der Waals surface area contributed by atoms with Crippen molar-refractivity contribution in [2.45, 2.75) is 64.3 Å². The van der Waals surface area contributed by atoms with Crippen LogP contribution in [-0.2, 0) is 4.74 Å². The maximum absolute atomic E-state index is 12.1. The number of hydrogen-bond acceptors (Lipinski definition) is 5. The molecule has 0 saturated carbocycles. The number of aliphatic hydroxyl groups excluding tert-OH is 2. The average molecular weight is 300 g/mol. The number of amides is 1. The van der Waals surface area contributed by atoms with E-state index < -0.39 is 11.8 Å². The van der Waals surface area contributed by atoms with Gasteiger partial charge in [-0.25, -0.2) is 4.79 Å². The van der Waals surface area contributed by atoms with Gasteiger partial charge in [0.05, 0.1) is 0 Å². The fraction of sp³-hybridized carbons (Fsp3) is 0.933. The van der Waals surface area contributed by atoms with E-state index in [4.69, 9.17) is 9.84 Å². The molecule has 2 rings (SSSR count). The highest BCUT2D eigenvalue weighted by molar-refractivity contribution is 5.68. The van der Waals surface area contributed by atoms with E-state index in [1.165, 1.54) is 0 Å². The average Bonchev–Trinajstić information content (AvgIpc) is 2.65. The Balaban J connectivity index is 1.89. The van der Waals surface area contributed by atoms with Gasteiger partial charge in [0.25, 0.3) is 0 Å². The van der Waals surface area contributed by atoms with Crippen LogP contribution < -0.4 is 5.32 Å². The van der Waals surface area contributed by atoms with Crippen LogP contribution in [0.15, 0.2) is 0 Å². The van der Waals surface area contributed by atoms with Gasteiger partial charge in [0.15, 0.2) is 0 Å². The quantitative estimate of drug-likeness (QED) is 0.710. The van der Waals surface area contributed by atoms with Gasteiger partial charge in [-0.05, 0) is 46.5 Å². The minimum atomic E-state index is -0.546. The molecule has 1 spiro atoms. The van der Waals surface area contributed by atoms with Crippen LogP contribution in [0.25, 0.3) is 0 Å². The Morgan fingerprint density at radius 1 is 1.38 bits per heavy atom. The summed E-state index contributed by atoms with van der Waals surface area (Å²) in [7, 11) is 0. The van der Waals surface area contributed by atoms with Crippen molar-refractivity contribution < 1.29 is 19.7 Å². The molecule has 3 N–H and O–H groups in total. The number of nitrogens with one attached hydrogen (secondary N) is 1. The Morgan fingerprint density at radius 3 is 2.52 bits per heavy atom. The van der Waals surface area contributed by atoms with Crippen molar-refractivity contribution in [2.24, 2.45) is 5.41 Å². The number of carbonyl (C=O) groups excluding carboxylic acids is 1. The molecule has 0 radical (unpaired) electrons. The van der Waals surface area contributed by atoms with E-state index in [0.717, 1.165) is 19.3 Å². The van der Waals surface area contributed by atoms with Gasteiger partial charge < -0.3 is 19.8 Å². The fourth-order valence-corrected chi connectivity index (χ4v) is 3.34. The number of piperidine rings is 1. The zero-order valence-electron chi connectivity index (χ0n) is 13.3. The zero-order chi connectivity index (χ0) is 15.7. The molecule has 2 aliphatic rings. The van der Waals surface area contributed by atoms with Gasteiger partial charge in [0.1, 0.15) is 11.8 Å². The molecule has 2 saturated heterocycles. The zero-order valence-corrected chi connectivity index (χ0v) is 13.3. The molecular formula is C15H28N2O4. The Kier molecular flexibility index (Phi) is 4.80. The standard InChI is InChI=1S/C15H28N2O4/c1-14(2,3)21-13(20)17-7-5-15(6-8-17)10-11(4-9-18)16-12(15)19/h11-12,16,18-19H,4-10H2,1-3H3/t11-,12?/m1/s1. The fourth-order valence-electron chi connectivity index (χ4n) is 3.34. The van der Waals surface area contributed by atoms with Crippen molar-refractivity contribution in [1.82, 2.24) is 10.2 Å². The lowest BCUT2D eigenvalue weighted by Gasteiger charge is -2.41. The molecule has 0 bridgehead atoms. The lowest BCUT2D eigenvalue weighted by Crippen LogP contribution is -2.49. The third kappa shape index (κ3) is 3.87. The molecule has 0 aromatic rings. The van der Waals surface area contributed by atoms with Gasteiger partial charge >= 0.3 is 6.09 Å². The lowest BCUT2D eigenvalue weighted by molar-refractivity contribution is -0.0240. The Hall–Kier alpha value is -0.850. The minimum Gasteiger partial charge on any atom is -0.444 e. The molecule has 6 heteroatoms. The number of rotatable bonds is 2. The van der Waals surface area contributed by atoms with Crippen LogP contribution in [0.5, 0.6) is 0 Å². The highest BCUT2D eigenvalue weighted by Crippen LogP contribution is 2.43. The van der Waals surface area contributed by atoms with Crippen LogP contribution in [0.4, 0.5) is 4.79 Å². The lowest BCUT2D eigenvalue weighted by atomic mass is 9.75. The van der Waals surface area contributed by atoms with Crippen LogP contribution in [0.3, 0.4) is 0 Å². The summed E-state index contributed by atoms with van der Waals surface area (Å²) in [4.78, 5) is 13.8. The molecule has 1 unspecified atom stereocenters. The Labute approximate surface area is 126 Å². The van der Waals surface area contributed by atoms with E-state index in [1.54, 1.807) is 4.90 Å². The number of nitrogens with zero attached hydrogens (tertiary/aromatic N) is 1. The van der Waals surface area contributed by atoms with Crippen LogP contribution in [0.2, 0.25) is 0 Å². The van der Waals surface area contributed by atoms with Crippen molar-refractivity contribution in [3.63, 3.8) is 0 Å². The Morgan fingerprint density at radius 2 is 2.00 bits per heavy atom. The van der Waals surface area contributed by atoms with E-state index in [2.05, 4.69) is 5.32 Å². The summed E-state index contributed by atoms with van der Waals surface area (Å²) in [5, 5.41) is 22.5. The molecule has 21 heavy (non-hydrogen) atoms. The van der Waals surface area contributed by atoms with E-state index in [9.17, 15) is 9.90 Å². The maximum Gasteiger partial charge on any atom is 0.410 e. The number of likely N-dealkylation sites (tertiary alicyclic amines) is 1. The molecule has 0 aromatic carbocycles. The topological polar surface area (TPSA) is 82.0 Å². The van der Waals surface area contributed by atoms with E-state index in [-0.39, 0.29) is 24.2 Å². The first-order valence-corrected chi connectivity index (χ1v) is 7.79. The largest absolute Gasteiger partial charge is 0.444 e. The predicted molar refractivity (Wildman–Crippen MR) is 78.7 cm³/mol. The predicted octanol–water partition coefficient (Wildman–Crippen LogP) is 1.07. The number of ether oxygens (including phenoxy) is 1. The summed E-state index contributed by atoms with van der Waals surface area (Å²) in [6, 6.07) is 0.165. The molecule has 0 aliphatic carbocycles. The molecule has 2 heterocycles. The second-order valence-corrected chi connectivity index (χ2v) is 7.31. The van der Waals surface area contributed by atoms with Crippen molar-refractivity contribution in [3.05, 3.63) is 0 Å². The Bertz CT molecular complexity index is 372. The van der Waals surface area contributed by atoms with Crippen LogP contribution in [0, 0.1) is 5.41 Å². The third-order valence-corrected chi connectivity index (χ3v) is 4.52. The van der Waals surface area contributed by atoms with Crippen molar-refractivity contribution >= 4 is 6.09 Å². The highest BCUT2D eigenvalue weighted by atomic mass is 16.6. The summed E-state index contributed by atoms with van der Waals surface area (Å²) in [6.07, 6.45) is 2.23. The highest BCUT2D eigenvalue weighted by Gasteiger charge is 2.48. The number of carbonyl (C=O) groups is 1. The summed E-state index contributed by atoms with van der Waals surface area (Å²) < 4.78 is 5.39. The second-order valence-electron chi connectivity index (χ2n) is 7.31. The van der Waals surface area contributed by atoms with Crippen LogP contribution >= 0.6 is 0 Å². The van der Waals surface area contributed by atoms with Gasteiger partial charge in [-0.3, -0.25) is 5.32 Å². The summed E-state index contributed by atoms with van der Waals surface area (Å²) in [5.41, 5.74) is -0.648. The molecule has 0 aromatic heterocycles. The SMILES string of the molecule is CC(C)(C)OC(=O)N1CCC2(CC1)C[C@@H](CCO)NC2O. The first kappa shape index (κ1) is 16.5. The molecule has 2 aliphatic heterocycles. The van der Waals surface area contributed by atoms with Gasteiger partial charge in [-0.2, -0.15) is 0 Å². The van der Waals surface area contributed by atoms with Gasteiger partial charge in [0.2, 0.25) is 0 Å². The third-order valence-electron chi connectivity index (χ3n) is 4.52.